The number of fused-ring (bicyclic) bond motifs is 5. The van der Waals surface area contributed by atoms with E-state index in [0.717, 1.165) is 35.6 Å². The molecule has 1 aliphatic carbocycles. The molecule has 3 aromatic rings. The number of carboxylic acid groups (broad SMARTS) is 1. The fraction of sp³-hybridized carbons (Fsp3) is 0.516. The van der Waals surface area contributed by atoms with Crippen LogP contribution in [0.15, 0.2) is 36.4 Å². The van der Waals surface area contributed by atoms with Gasteiger partial charge in [-0.3, -0.25) is 0 Å². The molecule has 0 unspecified atom stereocenters. The molecule has 39 heavy (non-hydrogen) atoms. The average molecular weight is 575 g/mol. The van der Waals surface area contributed by atoms with Gasteiger partial charge in [-0.2, -0.15) is 0 Å². The summed E-state index contributed by atoms with van der Waals surface area (Å²) in [4.78, 5) is 16.8. The number of likely N-dealkylation sites (tertiary alicyclic amines) is 1. The first-order valence-corrected chi connectivity index (χ1v) is 14.2. The number of rotatable bonds is 6. The quantitative estimate of drug-likeness (QED) is 0.337. The summed E-state index contributed by atoms with van der Waals surface area (Å²) in [5.41, 5.74) is 6.30. The van der Waals surface area contributed by atoms with Crippen LogP contribution in [0.1, 0.15) is 73.2 Å². The van der Waals surface area contributed by atoms with Gasteiger partial charge < -0.3 is 24.2 Å². The molecule has 0 spiro atoms. The largest absolute Gasteiger partial charge is 0.489 e. The number of hydrogen-bond acceptors (Lipinski definition) is 4. The van der Waals surface area contributed by atoms with Gasteiger partial charge in [0, 0.05) is 36.6 Å². The van der Waals surface area contributed by atoms with Crippen LogP contribution in [0.5, 0.6) is 5.75 Å². The van der Waals surface area contributed by atoms with E-state index in [1.165, 1.54) is 81.1 Å². The molecule has 0 bridgehead atoms. The highest BCUT2D eigenvalue weighted by Crippen LogP contribution is 2.49. The number of aromatic nitrogens is 1. The maximum Gasteiger partial charge on any atom is 0.335 e. The zero-order valence-electron chi connectivity index (χ0n) is 22.9. The van der Waals surface area contributed by atoms with Gasteiger partial charge in [0.05, 0.1) is 23.5 Å². The van der Waals surface area contributed by atoms with Gasteiger partial charge in [0.1, 0.15) is 6.61 Å². The zero-order chi connectivity index (χ0) is 25.4. The standard InChI is InChI=1S/C31H39N3O3.2ClH/c1-32(17-18-33-15-6-3-7-16-33)26-12-8-11-25-29-28(22-9-4-2-5-10-22)24-14-13-23(31(35)36)21-27(24)34(29)19-20-37-30(25)26;;/h8,11-14,21-22H,2-7,9-10,15-20H2,1H3,(H,35,36);2*1H. The normalized spacial score (nSPS) is 17.7. The van der Waals surface area contributed by atoms with Crippen LogP contribution in [0, 0.1) is 0 Å². The monoisotopic (exact) mass is 573 g/mol. The summed E-state index contributed by atoms with van der Waals surface area (Å²) in [6.45, 7) is 5.75. The van der Waals surface area contributed by atoms with Crippen molar-refractivity contribution in [2.75, 3.05) is 44.7 Å². The summed E-state index contributed by atoms with van der Waals surface area (Å²) in [6, 6.07) is 12.3. The number of benzene rings is 2. The molecule has 2 aliphatic heterocycles. The third-order valence-corrected chi connectivity index (χ3v) is 8.79. The summed E-state index contributed by atoms with van der Waals surface area (Å²) >= 11 is 0. The number of para-hydroxylation sites is 1. The maximum absolute atomic E-state index is 11.8. The molecule has 0 radical (unpaired) electrons. The Balaban J connectivity index is 0.00000176. The predicted molar refractivity (Wildman–Crippen MR) is 164 cm³/mol. The molecule has 2 aromatic carbocycles. The molecule has 1 N–H and O–H groups in total. The molecule has 2 fully saturated rings. The molecule has 6 rings (SSSR count). The van der Waals surface area contributed by atoms with Crippen molar-refractivity contribution in [2.24, 2.45) is 0 Å². The second kappa shape index (κ2) is 12.8. The summed E-state index contributed by atoms with van der Waals surface area (Å²) in [7, 11) is 2.19. The lowest BCUT2D eigenvalue weighted by Gasteiger charge is -2.30. The highest BCUT2D eigenvalue weighted by Gasteiger charge is 2.31. The van der Waals surface area contributed by atoms with Gasteiger partial charge in [-0.15, -0.1) is 24.8 Å². The number of likely N-dealkylation sites (N-methyl/N-ethyl adjacent to an activating group) is 1. The van der Waals surface area contributed by atoms with E-state index in [2.05, 4.69) is 45.7 Å². The molecule has 8 heteroatoms. The van der Waals surface area contributed by atoms with Crippen molar-refractivity contribution in [2.45, 2.75) is 63.8 Å². The number of nitrogens with zero attached hydrogens (tertiary/aromatic N) is 3. The maximum atomic E-state index is 11.8. The minimum atomic E-state index is -0.875. The molecule has 1 saturated heterocycles. The van der Waals surface area contributed by atoms with Crippen molar-refractivity contribution < 1.29 is 14.6 Å². The van der Waals surface area contributed by atoms with Crippen LogP contribution >= 0.6 is 24.8 Å². The third-order valence-electron chi connectivity index (χ3n) is 8.79. The fourth-order valence-corrected chi connectivity index (χ4v) is 6.83. The van der Waals surface area contributed by atoms with Crippen molar-refractivity contribution >= 4 is 47.4 Å². The Morgan fingerprint density at radius 3 is 2.49 bits per heavy atom. The molecule has 212 valence electrons. The molecule has 0 atom stereocenters. The number of piperidine rings is 1. The van der Waals surface area contributed by atoms with Crippen LogP contribution in [0.2, 0.25) is 0 Å². The van der Waals surface area contributed by atoms with Gasteiger partial charge >= 0.3 is 5.97 Å². The number of carboxylic acids is 1. The fourth-order valence-electron chi connectivity index (χ4n) is 6.83. The molecular weight excluding hydrogens is 533 g/mol. The average Bonchev–Trinajstić information content (AvgIpc) is 3.13. The van der Waals surface area contributed by atoms with Crippen LogP contribution in [0.3, 0.4) is 0 Å². The number of aromatic carboxylic acids is 1. The van der Waals surface area contributed by atoms with Crippen LogP contribution in [0.25, 0.3) is 22.2 Å². The SMILES string of the molecule is CN(CCN1CCCCC1)c1cccc2c1OCCn1c-2c(C2CCCCC2)c2ccc(C(=O)O)cc21.Cl.Cl. The first-order valence-electron chi connectivity index (χ1n) is 14.2. The minimum Gasteiger partial charge on any atom is -0.489 e. The van der Waals surface area contributed by atoms with Gasteiger partial charge in [0.25, 0.3) is 0 Å². The summed E-state index contributed by atoms with van der Waals surface area (Å²) in [5.74, 6) is 0.592. The number of carbonyl (C=O) groups is 1. The van der Waals surface area contributed by atoms with Gasteiger partial charge in [0.15, 0.2) is 5.75 Å². The topological polar surface area (TPSA) is 57.9 Å². The van der Waals surface area contributed by atoms with Crippen molar-refractivity contribution in [3.8, 4) is 17.0 Å². The molecule has 0 amide bonds. The minimum absolute atomic E-state index is 0. The number of hydrogen-bond donors (Lipinski definition) is 1. The Hall–Kier alpha value is -2.41. The van der Waals surface area contributed by atoms with E-state index < -0.39 is 5.97 Å². The van der Waals surface area contributed by atoms with Gasteiger partial charge in [-0.25, -0.2) is 4.79 Å². The highest BCUT2D eigenvalue weighted by molar-refractivity contribution is 5.99. The Bertz CT molecular complexity index is 1300. The number of ether oxygens (including phenoxy) is 1. The molecular formula is C31H41Cl2N3O3. The summed E-state index contributed by atoms with van der Waals surface area (Å²) < 4.78 is 8.85. The molecule has 1 saturated carbocycles. The smallest absolute Gasteiger partial charge is 0.335 e. The van der Waals surface area contributed by atoms with E-state index in [0.29, 0.717) is 24.6 Å². The summed E-state index contributed by atoms with van der Waals surface area (Å²) in [5, 5.41) is 10.9. The highest BCUT2D eigenvalue weighted by atomic mass is 35.5. The van der Waals surface area contributed by atoms with Crippen molar-refractivity contribution in [3.63, 3.8) is 0 Å². The number of anilines is 1. The second-order valence-electron chi connectivity index (χ2n) is 11.1. The first kappa shape index (κ1) is 29.6. The van der Waals surface area contributed by atoms with E-state index in [4.69, 9.17) is 4.74 Å². The lowest BCUT2D eigenvalue weighted by molar-refractivity contribution is 0.0697. The third kappa shape index (κ3) is 5.75. The van der Waals surface area contributed by atoms with Crippen LogP contribution in [-0.4, -0.2) is 60.4 Å². The second-order valence-corrected chi connectivity index (χ2v) is 11.1. The van der Waals surface area contributed by atoms with Gasteiger partial charge in [-0.05, 0) is 74.5 Å². The molecule has 6 nitrogen and oxygen atoms in total. The van der Waals surface area contributed by atoms with Crippen molar-refractivity contribution in [1.82, 2.24) is 9.47 Å². The summed E-state index contributed by atoms with van der Waals surface area (Å²) in [6.07, 6.45) is 10.2. The van der Waals surface area contributed by atoms with Crippen LogP contribution in [0.4, 0.5) is 5.69 Å². The Morgan fingerprint density at radius 2 is 1.74 bits per heavy atom. The molecule has 3 aliphatic rings. The first-order chi connectivity index (χ1) is 18.1. The van der Waals surface area contributed by atoms with Gasteiger partial charge in [0.2, 0.25) is 0 Å². The van der Waals surface area contributed by atoms with E-state index in [9.17, 15) is 9.90 Å². The van der Waals surface area contributed by atoms with Crippen molar-refractivity contribution in [3.05, 3.63) is 47.5 Å². The van der Waals surface area contributed by atoms with Crippen LogP contribution < -0.4 is 9.64 Å². The predicted octanol–water partition coefficient (Wildman–Crippen LogP) is 7.21. The van der Waals surface area contributed by atoms with E-state index >= 15 is 0 Å². The van der Waals surface area contributed by atoms with E-state index in [1.54, 1.807) is 6.07 Å². The molecule has 1 aromatic heterocycles. The lowest BCUT2D eigenvalue weighted by atomic mass is 9.81. The Labute approximate surface area is 244 Å². The Morgan fingerprint density at radius 1 is 1.00 bits per heavy atom. The Kier molecular flexibility index (Phi) is 9.73. The zero-order valence-corrected chi connectivity index (χ0v) is 24.5. The van der Waals surface area contributed by atoms with Crippen LogP contribution in [-0.2, 0) is 6.54 Å². The van der Waals surface area contributed by atoms with E-state index in [-0.39, 0.29) is 24.8 Å². The number of halogens is 2. The van der Waals surface area contributed by atoms with Gasteiger partial charge in [-0.1, -0.05) is 37.8 Å². The molecule has 3 heterocycles. The van der Waals surface area contributed by atoms with E-state index in [1.807, 2.05) is 6.07 Å². The lowest BCUT2D eigenvalue weighted by Crippen LogP contribution is -2.36. The van der Waals surface area contributed by atoms with Crippen molar-refractivity contribution in [1.29, 1.82) is 0 Å².